The second-order valence-electron chi connectivity index (χ2n) is 2.91. The Kier molecular flexibility index (Phi) is 9.40. The zero-order valence-corrected chi connectivity index (χ0v) is 7.99. The number of halogens is 1. The summed E-state index contributed by atoms with van der Waals surface area (Å²) in [5, 5.41) is 0. The Balaban J connectivity index is 0. The van der Waals surface area contributed by atoms with E-state index < -0.39 is 0 Å². The monoisotopic (exact) mass is 167 g/mol. The number of rotatable bonds is 4. The van der Waals surface area contributed by atoms with Gasteiger partial charge in [0.05, 0.1) is 6.10 Å². The van der Waals surface area contributed by atoms with Gasteiger partial charge >= 0.3 is 0 Å². The van der Waals surface area contributed by atoms with E-state index in [1.54, 1.807) is 0 Å². The maximum Gasteiger partial charge on any atom is 0.0734 e. The molecule has 0 aliphatic rings. The van der Waals surface area contributed by atoms with E-state index in [9.17, 15) is 0 Å². The van der Waals surface area contributed by atoms with E-state index in [0.717, 1.165) is 6.54 Å². The third kappa shape index (κ3) is 11.1. The molecule has 3 heteroatoms. The van der Waals surface area contributed by atoms with Crippen molar-refractivity contribution in [3.05, 3.63) is 0 Å². The summed E-state index contributed by atoms with van der Waals surface area (Å²) in [4.78, 5) is 5.10. The Labute approximate surface area is 69.7 Å². The van der Waals surface area contributed by atoms with Gasteiger partial charge in [-0.05, 0) is 19.8 Å². The van der Waals surface area contributed by atoms with E-state index in [2.05, 4.69) is 19.3 Å². The summed E-state index contributed by atoms with van der Waals surface area (Å²) in [7, 11) is 0. The Morgan fingerprint density at radius 2 is 1.70 bits per heavy atom. The summed E-state index contributed by atoms with van der Waals surface area (Å²) in [5.41, 5.74) is 2.88. The smallest absolute Gasteiger partial charge is 0.0734 e. The highest BCUT2D eigenvalue weighted by atomic mass is 35.5. The van der Waals surface area contributed by atoms with Crippen molar-refractivity contribution >= 4 is 12.4 Å². The maximum absolute atomic E-state index is 5.10. The summed E-state index contributed by atoms with van der Waals surface area (Å²) in [5.74, 6) is 0.656. The molecule has 0 aromatic rings. The maximum atomic E-state index is 5.10. The van der Waals surface area contributed by atoms with Gasteiger partial charge in [0.2, 0.25) is 0 Å². The zero-order chi connectivity index (χ0) is 7.28. The van der Waals surface area contributed by atoms with Gasteiger partial charge in [-0.2, -0.15) is 0 Å². The Morgan fingerprint density at radius 1 is 1.20 bits per heavy atom. The van der Waals surface area contributed by atoms with E-state index in [1.807, 2.05) is 13.8 Å². The summed E-state index contributed by atoms with van der Waals surface area (Å²) in [6.07, 6.45) is 0.281. The van der Waals surface area contributed by atoms with Gasteiger partial charge in [-0.15, -0.1) is 12.4 Å². The average Bonchev–Trinajstić information content (AvgIpc) is 1.63. The molecule has 0 bridgehead atoms. The van der Waals surface area contributed by atoms with E-state index in [4.69, 9.17) is 4.84 Å². The fourth-order valence-electron chi connectivity index (χ4n) is 0.381. The van der Waals surface area contributed by atoms with Gasteiger partial charge in [0, 0.05) is 6.54 Å². The minimum absolute atomic E-state index is 0. The molecule has 64 valence electrons. The fourth-order valence-corrected chi connectivity index (χ4v) is 0.381. The Hall–Kier alpha value is 0.210. The molecular formula is C7H18ClNO. The predicted molar refractivity (Wildman–Crippen MR) is 46.3 cm³/mol. The summed E-state index contributed by atoms with van der Waals surface area (Å²) in [6, 6.07) is 0. The lowest BCUT2D eigenvalue weighted by atomic mass is 10.2. The van der Waals surface area contributed by atoms with Crippen molar-refractivity contribution in [3.63, 3.8) is 0 Å². The molecule has 2 nitrogen and oxygen atoms in total. The second kappa shape index (κ2) is 7.32. The van der Waals surface area contributed by atoms with Crippen molar-refractivity contribution in [2.45, 2.75) is 33.8 Å². The molecule has 0 spiro atoms. The second-order valence-corrected chi connectivity index (χ2v) is 2.91. The Morgan fingerprint density at radius 3 is 2.00 bits per heavy atom. The third-order valence-corrected chi connectivity index (χ3v) is 0.811. The van der Waals surface area contributed by atoms with Crippen molar-refractivity contribution in [3.8, 4) is 0 Å². The van der Waals surface area contributed by atoms with Crippen LogP contribution in [0.15, 0.2) is 0 Å². The van der Waals surface area contributed by atoms with Crippen molar-refractivity contribution in [1.29, 1.82) is 0 Å². The first-order chi connectivity index (χ1) is 4.13. The SMILES string of the molecule is CC(C)CNOC(C)C.Cl. The van der Waals surface area contributed by atoms with E-state index in [1.165, 1.54) is 0 Å². The lowest BCUT2D eigenvalue weighted by Gasteiger charge is -2.09. The molecule has 0 rings (SSSR count). The van der Waals surface area contributed by atoms with Gasteiger partial charge in [-0.1, -0.05) is 13.8 Å². The predicted octanol–water partition coefficient (Wildman–Crippen LogP) is 1.99. The van der Waals surface area contributed by atoms with Crippen LogP contribution in [0.2, 0.25) is 0 Å². The summed E-state index contributed by atoms with van der Waals surface area (Å²) in [6.45, 7) is 9.24. The standard InChI is InChI=1S/C7H17NO.ClH/c1-6(2)5-8-9-7(3)4;/h6-8H,5H2,1-4H3;1H. The molecule has 0 aromatic heterocycles. The summed E-state index contributed by atoms with van der Waals surface area (Å²) < 4.78 is 0. The minimum atomic E-state index is 0. The molecule has 1 N–H and O–H groups in total. The van der Waals surface area contributed by atoms with Crippen molar-refractivity contribution in [2.75, 3.05) is 6.54 Å². The molecule has 0 saturated carbocycles. The highest BCUT2D eigenvalue weighted by Gasteiger charge is 1.93. The molecule has 0 aliphatic carbocycles. The first-order valence-electron chi connectivity index (χ1n) is 3.51. The van der Waals surface area contributed by atoms with Gasteiger partial charge in [0.15, 0.2) is 0 Å². The molecule has 0 atom stereocenters. The molecule has 0 fully saturated rings. The van der Waals surface area contributed by atoms with Gasteiger partial charge in [0.25, 0.3) is 0 Å². The van der Waals surface area contributed by atoms with Gasteiger partial charge in [-0.3, -0.25) is 4.84 Å². The van der Waals surface area contributed by atoms with Crippen LogP contribution in [-0.4, -0.2) is 12.6 Å². The van der Waals surface area contributed by atoms with Crippen LogP contribution in [0, 0.1) is 5.92 Å². The van der Waals surface area contributed by atoms with E-state index in [-0.39, 0.29) is 18.5 Å². The molecule has 0 heterocycles. The third-order valence-electron chi connectivity index (χ3n) is 0.811. The van der Waals surface area contributed by atoms with Gasteiger partial charge < -0.3 is 0 Å². The van der Waals surface area contributed by atoms with Crippen molar-refractivity contribution in [2.24, 2.45) is 5.92 Å². The largest absolute Gasteiger partial charge is 0.299 e. The molecule has 0 saturated heterocycles. The summed E-state index contributed by atoms with van der Waals surface area (Å²) >= 11 is 0. The normalized spacial score (nSPS) is 10.2. The van der Waals surface area contributed by atoms with Gasteiger partial charge in [0.1, 0.15) is 0 Å². The van der Waals surface area contributed by atoms with Crippen molar-refractivity contribution in [1.82, 2.24) is 5.48 Å². The van der Waals surface area contributed by atoms with Crippen LogP contribution in [0.25, 0.3) is 0 Å². The number of hydrogen-bond acceptors (Lipinski definition) is 2. The molecule has 0 radical (unpaired) electrons. The van der Waals surface area contributed by atoms with Crippen LogP contribution < -0.4 is 5.48 Å². The van der Waals surface area contributed by atoms with E-state index in [0.29, 0.717) is 5.92 Å². The van der Waals surface area contributed by atoms with Crippen LogP contribution >= 0.6 is 12.4 Å². The van der Waals surface area contributed by atoms with Gasteiger partial charge in [-0.25, -0.2) is 5.48 Å². The van der Waals surface area contributed by atoms with Crippen molar-refractivity contribution < 1.29 is 4.84 Å². The average molecular weight is 168 g/mol. The highest BCUT2D eigenvalue weighted by molar-refractivity contribution is 5.85. The minimum Gasteiger partial charge on any atom is -0.299 e. The molecule has 10 heavy (non-hydrogen) atoms. The molecule has 0 amide bonds. The first kappa shape index (κ1) is 12.8. The van der Waals surface area contributed by atoms with Crippen LogP contribution in [0.5, 0.6) is 0 Å². The Bertz CT molecular complexity index is 58.6. The molecule has 0 aromatic carbocycles. The molecule has 0 unspecified atom stereocenters. The highest BCUT2D eigenvalue weighted by Crippen LogP contribution is 1.88. The van der Waals surface area contributed by atoms with Crippen LogP contribution in [-0.2, 0) is 4.84 Å². The molecule has 0 aliphatic heterocycles. The van der Waals surface area contributed by atoms with Crippen LogP contribution in [0.1, 0.15) is 27.7 Å². The van der Waals surface area contributed by atoms with E-state index >= 15 is 0 Å². The van der Waals surface area contributed by atoms with Crippen LogP contribution in [0.4, 0.5) is 0 Å². The topological polar surface area (TPSA) is 21.3 Å². The van der Waals surface area contributed by atoms with Crippen LogP contribution in [0.3, 0.4) is 0 Å². The fraction of sp³-hybridized carbons (Fsp3) is 1.00. The first-order valence-corrected chi connectivity index (χ1v) is 3.51. The lowest BCUT2D eigenvalue weighted by molar-refractivity contribution is -0.00957. The number of hydrogen-bond donors (Lipinski definition) is 1. The lowest BCUT2D eigenvalue weighted by Crippen LogP contribution is -2.23. The number of hydroxylamine groups is 1. The quantitative estimate of drug-likeness (QED) is 0.647. The number of nitrogens with one attached hydrogen (secondary N) is 1. The molecular weight excluding hydrogens is 150 g/mol. The zero-order valence-electron chi connectivity index (χ0n) is 7.18.